The van der Waals surface area contributed by atoms with Crippen LogP contribution in [0, 0.1) is 6.92 Å². The molecule has 1 aliphatic rings. The molecule has 0 radical (unpaired) electrons. The van der Waals surface area contributed by atoms with Gasteiger partial charge in [-0.1, -0.05) is 51.1 Å². The number of unbranched alkanes of at least 4 members (excludes halogenated alkanes) is 2. The van der Waals surface area contributed by atoms with Crippen molar-refractivity contribution in [1.82, 2.24) is 0 Å². The predicted octanol–water partition coefficient (Wildman–Crippen LogP) is 7.41. The third-order valence-corrected chi connectivity index (χ3v) is 14.9. The first-order valence-corrected chi connectivity index (χ1v) is 24.9. The van der Waals surface area contributed by atoms with E-state index >= 15 is 0 Å². The molecule has 1 unspecified atom stereocenters. The summed E-state index contributed by atoms with van der Waals surface area (Å²) in [4.78, 5) is 10.3. The molecule has 62 heavy (non-hydrogen) atoms. The van der Waals surface area contributed by atoms with Crippen LogP contribution in [0.4, 0.5) is 5.69 Å². The number of carbonyl (C=O) groups is 1. The monoisotopic (exact) mass is 935 g/mol. The molecule has 1 atom stereocenters. The molecule has 0 bridgehead atoms. The molecule has 20 heteroatoms. The molecule has 0 fully saturated rings. The molecule has 0 saturated carbocycles. The smallest absolute Gasteiger partial charge is 0.303 e. The Hall–Kier alpha value is -4.51. The lowest BCUT2D eigenvalue weighted by molar-refractivity contribution is -0.137. The van der Waals surface area contributed by atoms with E-state index in [1.807, 2.05) is 17.9 Å². The van der Waals surface area contributed by atoms with Gasteiger partial charge in [0, 0.05) is 59.7 Å². The summed E-state index contributed by atoms with van der Waals surface area (Å²) in [6, 6.07) is 9.76. The van der Waals surface area contributed by atoms with Gasteiger partial charge in [0.1, 0.15) is 9.79 Å². The maximum absolute atomic E-state index is 12.7. The van der Waals surface area contributed by atoms with Crippen LogP contribution in [-0.4, -0.2) is 83.2 Å². The standard InChI is InChI=1S/C42H49NO15S4/c1-25(19-27(3)41(4,5)39-26(2)12-13-30-32(39)21-28(59(46,47)48)23-35(30)61(52,53)54)20-37-42(6,16-18-58-7)40-33-22-29(60(49,50)51)24-36(62(55,56)57)31(33)14-15-34(40)43(37)17-10-8-9-11-38(44)45/h12-15,19-24H,3,8-11,16-18H2,1-2,4-7H3,(H,44,45)(H,46,47,48)(H,49,50,51)(H,52,53,54)(H,55,56,57)/b25-19+,37-20+. The Labute approximate surface area is 361 Å². The highest BCUT2D eigenvalue weighted by Gasteiger charge is 2.45. The lowest BCUT2D eigenvalue weighted by Crippen LogP contribution is -2.31. The molecule has 1 aliphatic heterocycles. The maximum atomic E-state index is 12.7. The van der Waals surface area contributed by atoms with Crippen molar-refractivity contribution in [3.05, 3.63) is 101 Å². The van der Waals surface area contributed by atoms with Crippen molar-refractivity contribution in [3.63, 3.8) is 0 Å². The SMILES string of the molecule is C=C(/C=C(C)/C=C1/N(CCCCCC(=O)O)c2ccc3c(S(=O)(=O)O)cc(S(=O)(=O)O)cc3c2C1(C)CCOC)C(C)(C)c1c(C)ccc2c(S(=O)(=O)O)cc(S(=O)(=O)O)cc12. The second-order valence-electron chi connectivity index (χ2n) is 16.1. The first kappa shape index (κ1) is 48.5. The van der Waals surface area contributed by atoms with Crippen LogP contribution >= 0.6 is 0 Å². The molecule has 0 aromatic heterocycles. The minimum atomic E-state index is -5.02. The fourth-order valence-electron chi connectivity index (χ4n) is 8.40. The van der Waals surface area contributed by atoms with E-state index < -0.39 is 76.9 Å². The second-order valence-corrected chi connectivity index (χ2v) is 21.8. The minimum absolute atomic E-state index is 0.00218. The van der Waals surface area contributed by atoms with E-state index in [4.69, 9.17) is 4.74 Å². The predicted molar refractivity (Wildman–Crippen MR) is 233 cm³/mol. The van der Waals surface area contributed by atoms with Crippen molar-refractivity contribution < 1.29 is 66.5 Å². The number of carboxylic acids is 1. The lowest BCUT2D eigenvalue weighted by atomic mass is 9.73. The van der Waals surface area contributed by atoms with E-state index in [9.17, 15) is 61.8 Å². The number of benzene rings is 4. The molecule has 336 valence electrons. The molecule has 5 rings (SSSR count). The maximum Gasteiger partial charge on any atom is 0.303 e. The number of ether oxygens (including phenoxy) is 1. The van der Waals surface area contributed by atoms with E-state index in [1.54, 1.807) is 45.9 Å². The summed E-state index contributed by atoms with van der Waals surface area (Å²) in [5, 5.41) is 9.47. The van der Waals surface area contributed by atoms with Gasteiger partial charge in [-0.3, -0.25) is 23.0 Å². The summed E-state index contributed by atoms with van der Waals surface area (Å²) >= 11 is 0. The Balaban J connectivity index is 1.76. The van der Waals surface area contributed by atoms with E-state index in [-0.39, 0.29) is 41.0 Å². The van der Waals surface area contributed by atoms with Crippen molar-refractivity contribution in [2.75, 3.05) is 25.2 Å². The summed E-state index contributed by atoms with van der Waals surface area (Å²) in [6.45, 7) is 13.8. The molecule has 5 N–H and O–H groups in total. The largest absolute Gasteiger partial charge is 0.481 e. The summed E-state index contributed by atoms with van der Waals surface area (Å²) in [5.41, 5.74) is 1.66. The van der Waals surface area contributed by atoms with E-state index in [2.05, 4.69) is 6.58 Å². The molecule has 1 heterocycles. The van der Waals surface area contributed by atoms with Gasteiger partial charge in [-0.05, 0) is 115 Å². The Morgan fingerprint density at radius 3 is 1.84 bits per heavy atom. The van der Waals surface area contributed by atoms with Gasteiger partial charge < -0.3 is 14.7 Å². The number of methoxy groups -OCH3 is 1. The molecule has 0 saturated heterocycles. The summed E-state index contributed by atoms with van der Waals surface area (Å²) < 4.78 is 146. The lowest BCUT2D eigenvalue weighted by Gasteiger charge is -2.32. The highest BCUT2D eigenvalue weighted by molar-refractivity contribution is 7.87. The fourth-order valence-corrected chi connectivity index (χ4v) is 11.1. The van der Waals surface area contributed by atoms with Crippen molar-refractivity contribution in [2.45, 2.75) is 97.1 Å². The number of rotatable bonds is 17. The van der Waals surface area contributed by atoms with Gasteiger partial charge >= 0.3 is 5.97 Å². The van der Waals surface area contributed by atoms with Gasteiger partial charge in [0.15, 0.2) is 0 Å². The van der Waals surface area contributed by atoms with Crippen LogP contribution in [0.5, 0.6) is 0 Å². The first-order valence-electron chi connectivity index (χ1n) is 19.1. The molecule has 0 spiro atoms. The Kier molecular flexibility index (Phi) is 13.5. The number of aryl methyl sites for hydroxylation is 1. The van der Waals surface area contributed by atoms with Gasteiger partial charge in [-0.15, -0.1) is 0 Å². The molecule has 4 aromatic carbocycles. The van der Waals surface area contributed by atoms with Gasteiger partial charge in [0.2, 0.25) is 0 Å². The zero-order valence-electron chi connectivity index (χ0n) is 34.8. The number of hydrogen-bond acceptors (Lipinski definition) is 11. The van der Waals surface area contributed by atoms with Crippen molar-refractivity contribution in [3.8, 4) is 0 Å². The Bertz CT molecular complexity index is 3040. The van der Waals surface area contributed by atoms with Crippen LogP contribution in [0.25, 0.3) is 21.5 Å². The number of hydrogen-bond donors (Lipinski definition) is 5. The summed E-state index contributed by atoms with van der Waals surface area (Å²) in [5.74, 6) is -0.944. The van der Waals surface area contributed by atoms with Crippen molar-refractivity contribution in [2.24, 2.45) is 0 Å². The normalized spacial score (nSPS) is 17.3. The van der Waals surface area contributed by atoms with Crippen LogP contribution in [0.1, 0.15) is 76.5 Å². The number of anilines is 1. The third-order valence-electron chi connectivity index (χ3n) is 11.5. The average Bonchev–Trinajstić information content (AvgIpc) is 3.37. The van der Waals surface area contributed by atoms with Gasteiger partial charge in [-0.25, -0.2) is 0 Å². The number of aliphatic carboxylic acids is 1. The highest BCUT2D eigenvalue weighted by Crippen LogP contribution is 2.54. The second kappa shape index (κ2) is 17.2. The Morgan fingerprint density at radius 2 is 1.32 bits per heavy atom. The van der Waals surface area contributed by atoms with Gasteiger partial charge in [-0.2, -0.15) is 33.7 Å². The zero-order valence-corrected chi connectivity index (χ0v) is 38.1. The van der Waals surface area contributed by atoms with Crippen LogP contribution in [-0.2, 0) is 60.8 Å². The minimum Gasteiger partial charge on any atom is -0.481 e. The van der Waals surface area contributed by atoms with Crippen LogP contribution < -0.4 is 4.90 Å². The van der Waals surface area contributed by atoms with Crippen LogP contribution in [0.2, 0.25) is 0 Å². The molecule has 0 amide bonds. The highest BCUT2D eigenvalue weighted by atomic mass is 32.2. The number of nitrogens with zero attached hydrogens (tertiary/aromatic N) is 1. The number of fused-ring (bicyclic) bond motifs is 4. The van der Waals surface area contributed by atoms with E-state index in [0.29, 0.717) is 77.2 Å². The van der Waals surface area contributed by atoms with Crippen molar-refractivity contribution >= 4 is 73.7 Å². The zero-order chi connectivity index (χ0) is 46.5. The molecule has 0 aliphatic carbocycles. The third kappa shape index (κ3) is 9.68. The summed E-state index contributed by atoms with van der Waals surface area (Å²) in [6.07, 6.45) is 5.25. The first-order chi connectivity index (χ1) is 28.4. The van der Waals surface area contributed by atoms with Crippen LogP contribution in [0.3, 0.4) is 0 Å². The summed E-state index contributed by atoms with van der Waals surface area (Å²) in [7, 11) is -18.4. The van der Waals surface area contributed by atoms with Crippen molar-refractivity contribution in [1.29, 1.82) is 0 Å². The van der Waals surface area contributed by atoms with E-state index in [0.717, 1.165) is 12.1 Å². The quantitative estimate of drug-likeness (QED) is 0.0392. The van der Waals surface area contributed by atoms with Gasteiger partial charge in [0.25, 0.3) is 40.5 Å². The van der Waals surface area contributed by atoms with Gasteiger partial charge in [0.05, 0.1) is 9.79 Å². The topological polar surface area (TPSA) is 267 Å². The molecular formula is C42H49NO15S4. The molecule has 4 aromatic rings. The fraction of sp³-hybridized carbons (Fsp3) is 0.357. The Morgan fingerprint density at radius 1 is 0.790 bits per heavy atom. The number of allylic oxidation sites excluding steroid dienone is 5. The van der Waals surface area contributed by atoms with Crippen LogP contribution in [0.15, 0.2) is 104 Å². The molecular weight excluding hydrogens is 887 g/mol. The number of carboxylic acid groups (broad SMARTS) is 1. The van der Waals surface area contributed by atoms with E-state index in [1.165, 1.54) is 19.2 Å². The molecule has 16 nitrogen and oxygen atoms in total. The average molecular weight is 936 g/mol.